The number of anilines is 1. The van der Waals surface area contributed by atoms with Gasteiger partial charge in [-0.05, 0) is 36.2 Å². The molecule has 1 amide bonds. The van der Waals surface area contributed by atoms with E-state index >= 15 is 0 Å². The van der Waals surface area contributed by atoms with Crippen molar-refractivity contribution in [2.24, 2.45) is 0 Å². The summed E-state index contributed by atoms with van der Waals surface area (Å²) in [6.45, 7) is 2.48. The third-order valence-electron chi connectivity index (χ3n) is 4.21. The number of para-hydroxylation sites is 1. The molecule has 26 heavy (non-hydrogen) atoms. The third-order valence-corrected chi connectivity index (χ3v) is 6.63. The van der Waals surface area contributed by atoms with E-state index in [9.17, 15) is 9.00 Å². The number of fused-ring (bicyclic) bond motifs is 1. The molecule has 0 radical (unpaired) electrons. The monoisotopic (exact) mass is 411 g/mol. The summed E-state index contributed by atoms with van der Waals surface area (Å²) in [7, 11) is -1.53. The molecule has 0 bridgehead atoms. The van der Waals surface area contributed by atoms with Gasteiger partial charge in [-0.3, -0.25) is 9.00 Å². The number of halogens is 2. The predicted molar refractivity (Wildman–Crippen MR) is 105 cm³/mol. The van der Waals surface area contributed by atoms with Gasteiger partial charge in [-0.2, -0.15) is 0 Å². The summed E-state index contributed by atoms with van der Waals surface area (Å²) in [6.07, 6.45) is 0.954. The van der Waals surface area contributed by atoms with Crippen molar-refractivity contribution >= 4 is 45.6 Å². The van der Waals surface area contributed by atoms with Crippen LogP contribution >= 0.6 is 23.2 Å². The SMILES string of the molecule is CCCCOC1C(=O)Nc2ccccc2C1S(=O)c1ccc(Cl)c(Cl)c1. The molecule has 1 aliphatic heterocycles. The molecule has 0 saturated carbocycles. The Hall–Kier alpha value is -1.40. The lowest BCUT2D eigenvalue weighted by Gasteiger charge is -2.32. The van der Waals surface area contributed by atoms with Crippen LogP contribution in [-0.2, 0) is 20.3 Å². The average Bonchev–Trinajstić information content (AvgIpc) is 2.64. The van der Waals surface area contributed by atoms with Crippen molar-refractivity contribution in [1.29, 1.82) is 0 Å². The molecule has 138 valence electrons. The molecule has 0 spiro atoms. The summed E-state index contributed by atoms with van der Waals surface area (Å²) in [5, 5.41) is 2.95. The van der Waals surface area contributed by atoms with Crippen LogP contribution < -0.4 is 5.32 Å². The van der Waals surface area contributed by atoms with E-state index in [4.69, 9.17) is 27.9 Å². The Morgan fingerprint density at radius 2 is 1.92 bits per heavy atom. The van der Waals surface area contributed by atoms with E-state index in [0.717, 1.165) is 18.4 Å². The highest BCUT2D eigenvalue weighted by atomic mass is 35.5. The molecule has 2 aromatic carbocycles. The lowest BCUT2D eigenvalue weighted by molar-refractivity contribution is -0.128. The van der Waals surface area contributed by atoms with E-state index in [1.807, 2.05) is 25.1 Å². The quantitative estimate of drug-likeness (QED) is 0.681. The second-order valence-corrected chi connectivity index (χ2v) is 8.40. The normalized spacial score (nSPS) is 20.3. The minimum absolute atomic E-state index is 0.279. The number of rotatable bonds is 6. The molecule has 2 aromatic rings. The van der Waals surface area contributed by atoms with E-state index in [1.54, 1.807) is 24.3 Å². The smallest absolute Gasteiger partial charge is 0.255 e. The van der Waals surface area contributed by atoms with Crippen LogP contribution in [0.2, 0.25) is 10.0 Å². The molecular formula is C19H19Cl2NO3S. The van der Waals surface area contributed by atoms with E-state index < -0.39 is 22.2 Å². The lowest BCUT2D eigenvalue weighted by atomic mass is 10.00. The van der Waals surface area contributed by atoms with Crippen LogP contribution in [0.1, 0.15) is 30.6 Å². The van der Waals surface area contributed by atoms with Crippen molar-refractivity contribution in [2.75, 3.05) is 11.9 Å². The molecule has 0 aromatic heterocycles. The molecule has 1 heterocycles. The maximum atomic E-state index is 13.4. The number of hydrogen-bond donors (Lipinski definition) is 1. The highest BCUT2D eigenvalue weighted by Crippen LogP contribution is 2.39. The van der Waals surface area contributed by atoms with Gasteiger partial charge in [-0.1, -0.05) is 54.7 Å². The van der Waals surface area contributed by atoms with Crippen LogP contribution in [0.5, 0.6) is 0 Å². The number of amides is 1. The topological polar surface area (TPSA) is 55.4 Å². The second-order valence-electron chi connectivity index (χ2n) is 6.02. The molecule has 3 atom stereocenters. The van der Waals surface area contributed by atoms with E-state index in [2.05, 4.69) is 5.32 Å². The summed E-state index contributed by atoms with van der Waals surface area (Å²) in [5.41, 5.74) is 1.45. The minimum Gasteiger partial charge on any atom is -0.367 e. The summed E-state index contributed by atoms with van der Waals surface area (Å²) in [4.78, 5) is 13.1. The fraction of sp³-hybridized carbons (Fsp3) is 0.316. The van der Waals surface area contributed by atoms with E-state index in [0.29, 0.717) is 27.2 Å². The first kappa shape index (κ1) is 19.4. The molecule has 3 unspecified atom stereocenters. The molecular weight excluding hydrogens is 393 g/mol. The first-order valence-electron chi connectivity index (χ1n) is 8.40. The zero-order chi connectivity index (χ0) is 18.7. The van der Waals surface area contributed by atoms with Gasteiger partial charge in [-0.25, -0.2) is 0 Å². The van der Waals surface area contributed by atoms with Crippen molar-refractivity contribution in [3.8, 4) is 0 Å². The van der Waals surface area contributed by atoms with Gasteiger partial charge in [0.1, 0.15) is 5.25 Å². The fourth-order valence-electron chi connectivity index (χ4n) is 2.86. The Labute approximate surface area is 165 Å². The fourth-order valence-corrected chi connectivity index (χ4v) is 4.81. The Bertz CT molecular complexity index is 843. The highest BCUT2D eigenvalue weighted by molar-refractivity contribution is 7.85. The van der Waals surface area contributed by atoms with E-state index in [1.165, 1.54) is 0 Å². The maximum absolute atomic E-state index is 13.4. The van der Waals surface area contributed by atoms with Gasteiger partial charge >= 0.3 is 0 Å². The number of ether oxygens (including phenoxy) is 1. The summed E-state index contributed by atoms with van der Waals surface area (Å²) >= 11 is 12.1. The third kappa shape index (κ3) is 3.96. The van der Waals surface area contributed by atoms with Crippen molar-refractivity contribution < 1.29 is 13.7 Å². The highest BCUT2D eigenvalue weighted by Gasteiger charge is 2.40. The molecule has 1 aliphatic rings. The summed E-state index contributed by atoms with van der Waals surface area (Å²) in [5.74, 6) is -0.279. The molecule has 0 aliphatic carbocycles. The Kier molecular flexibility index (Phi) is 6.35. The van der Waals surface area contributed by atoms with Crippen LogP contribution in [0.3, 0.4) is 0 Å². The standard InChI is InChI=1S/C19H19Cl2NO3S/c1-2-3-10-25-17-18(13-6-4-5-7-16(13)22-19(17)23)26(24)12-8-9-14(20)15(21)11-12/h4-9,11,17-18H,2-3,10H2,1H3,(H,22,23). The van der Waals surface area contributed by atoms with Gasteiger partial charge in [0, 0.05) is 17.2 Å². The van der Waals surface area contributed by atoms with Crippen molar-refractivity contribution in [3.05, 3.63) is 58.1 Å². The number of unbranched alkanes of at least 4 members (excludes halogenated alkanes) is 1. The van der Waals surface area contributed by atoms with Crippen LogP contribution in [0.25, 0.3) is 0 Å². The zero-order valence-electron chi connectivity index (χ0n) is 14.2. The lowest BCUT2D eigenvalue weighted by Crippen LogP contribution is -2.42. The number of benzene rings is 2. The van der Waals surface area contributed by atoms with Crippen LogP contribution in [0.4, 0.5) is 5.69 Å². The number of nitrogens with one attached hydrogen (secondary N) is 1. The first-order valence-corrected chi connectivity index (χ1v) is 10.4. The largest absolute Gasteiger partial charge is 0.367 e. The number of hydrogen-bond acceptors (Lipinski definition) is 3. The average molecular weight is 412 g/mol. The summed E-state index contributed by atoms with van der Waals surface area (Å²) in [6, 6.07) is 12.2. The molecule has 3 rings (SSSR count). The predicted octanol–water partition coefficient (Wildman–Crippen LogP) is 4.98. The van der Waals surface area contributed by atoms with Crippen LogP contribution in [0, 0.1) is 0 Å². The van der Waals surface area contributed by atoms with Gasteiger partial charge in [-0.15, -0.1) is 0 Å². The minimum atomic E-state index is -1.53. The Balaban J connectivity index is 2.01. The second kappa shape index (κ2) is 8.53. The van der Waals surface area contributed by atoms with Gasteiger partial charge in [0.05, 0.1) is 20.8 Å². The molecule has 0 saturated heterocycles. The summed E-state index contributed by atoms with van der Waals surface area (Å²) < 4.78 is 19.2. The molecule has 4 nitrogen and oxygen atoms in total. The maximum Gasteiger partial charge on any atom is 0.255 e. The number of carbonyl (C=O) groups excluding carboxylic acids is 1. The van der Waals surface area contributed by atoms with Crippen molar-refractivity contribution in [3.63, 3.8) is 0 Å². The molecule has 1 N–H and O–H groups in total. The zero-order valence-corrected chi connectivity index (χ0v) is 16.5. The van der Waals surface area contributed by atoms with Gasteiger partial charge in [0.25, 0.3) is 5.91 Å². The van der Waals surface area contributed by atoms with Crippen molar-refractivity contribution in [2.45, 2.75) is 36.0 Å². The Morgan fingerprint density at radius 3 is 2.65 bits per heavy atom. The van der Waals surface area contributed by atoms with Crippen LogP contribution in [-0.4, -0.2) is 22.8 Å². The molecule has 0 fully saturated rings. The van der Waals surface area contributed by atoms with Gasteiger partial charge in [0.2, 0.25) is 0 Å². The van der Waals surface area contributed by atoms with Gasteiger partial charge in [0.15, 0.2) is 6.10 Å². The van der Waals surface area contributed by atoms with Crippen LogP contribution in [0.15, 0.2) is 47.4 Å². The number of carbonyl (C=O) groups is 1. The first-order chi connectivity index (χ1) is 12.5. The van der Waals surface area contributed by atoms with Gasteiger partial charge < -0.3 is 10.1 Å². The van der Waals surface area contributed by atoms with E-state index in [-0.39, 0.29) is 5.91 Å². The van der Waals surface area contributed by atoms with Crippen molar-refractivity contribution in [1.82, 2.24) is 0 Å². The molecule has 7 heteroatoms. The Morgan fingerprint density at radius 1 is 1.15 bits per heavy atom.